The maximum Gasteiger partial charge on any atom is 0.248 e. The van der Waals surface area contributed by atoms with Crippen molar-refractivity contribution in [1.82, 2.24) is 0 Å². The molecule has 0 atom stereocenters. The monoisotopic (exact) mass is 286 g/mol. The Hall–Kier alpha value is -2.69. The van der Waals surface area contributed by atoms with Crippen LogP contribution in [0.25, 0.3) is 0 Å². The number of hydrogen-bond donors (Lipinski definition) is 2. The molecule has 0 aliphatic heterocycles. The van der Waals surface area contributed by atoms with E-state index in [0.29, 0.717) is 11.3 Å². The fourth-order valence-corrected chi connectivity index (χ4v) is 1.94. The SMILES string of the molecule is Cc1cc(C(N)=O)ccc1NC(=O)Cc1ccc(F)cc1. The first-order chi connectivity index (χ1) is 9.95. The molecule has 2 aromatic rings. The van der Waals surface area contributed by atoms with Crippen LogP contribution in [0.3, 0.4) is 0 Å². The largest absolute Gasteiger partial charge is 0.366 e. The second kappa shape index (κ2) is 6.17. The number of rotatable bonds is 4. The van der Waals surface area contributed by atoms with Gasteiger partial charge in [-0.2, -0.15) is 0 Å². The molecule has 108 valence electrons. The van der Waals surface area contributed by atoms with E-state index in [0.717, 1.165) is 11.1 Å². The van der Waals surface area contributed by atoms with Gasteiger partial charge in [0, 0.05) is 11.3 Å². The molecular weight excluding hydrogens is 271 g/mol. The number of primary amides is 1. The van der Waals surface area contributed by atoms with Gasteiger partial charge in [-0.1, -0.05) is 12.1 Å². The molecule has 0 bridgehead atoms. The Morgan fingerprint density at radius 2 is 1.81 bits per heavy atom. The van der Waals surface area contributed by atoms with Crippen LogP contribution in [0.2, 0.25) is 0 Å². The van der Waals surface area contributed by atoms with Crippen LogP contribution >= 0.6 is 0 Å². The standard InChI is InChI=1S/C16H15FN2O2/c1-10-8-12(16(18)21)4-7-14(10)19-15(20)9-11-2-5-13(17)6-3-11/h2-8H,9H2,1H3,(H2,18,21)(H,19,20). The van der Waals surface area contributed by atoms with Crippen molar-refractivity contribution in [2.45, 2.75) is 13.3 Å². The summed E-state index contributed by atoms with van der Waals surface area (Å²) in [5.41, 5.74) is 7.67. The normalized spacial score (nSPS) is 10.2. The van der Waals surface area contributed by atoms with Crippen molar-refractivity contribution in [3.05, 3.63) is 65.0 Å². The van der Waals surface area contributed by atoms with Gasteiger partial charge in [0.2, 0.25) is 11.8 Å². The molecule has 3 N–H and O–H groups in total. The fraction of sp³-hybridized carbons (Fsp3) is 0.125. The van der Waals surface area contributed by atoms with Crippen LogP contribution in [0.15, 0.2) is 42.5 Å². The molecule has 0 aliphatic rings. The van der Waals surface area contributed by atoms with Gasteiger partial charge >= 0.3 is 0 Å². The van der Waals surface area contributed by atoms with E-state index in [2.05, 4.69) is 5.32 Å². The molecule has 4 nitrogen and oxygen atoms in total. The maximum atomic E-state index is 12.8. The van der Waals surface area contributed by atoms with E-state index in [9.17, 15) is 14.0 Å². The Labute approximate surface area is 121 Å². The Morgan fingerprint density at radius 3 is 2.38 bits per heavy atom. The van der Waals surface area contributed by atoms with E-state index in [1.807, 2.05) is 0 Å². The molecule has 5 heteroatoms. The summed E-state index contributed by atoms with van der Waals surface area (Å²) in [4.78, 5) is 23.0. The molecular formula is C16H15FN2O2. The maximum absolute atomic E-state index is 12.8. The average molecular weight is 286 g/mol. The summed E-state index contributed by atoms with van der Waals surface area (Å²) in [5, 5.41) is 2.75. The summed E-state index contributed by atoms with van der Waals surface area (Å²) in [6, 6.07) is 10.6. The number of halogens is 1. The molecule has 0 radical (unpaired) electrons. The zero-order valence-electron chi connectivity index (χ0n) is 11.5. The average Bonchev–Trinajstić information content (AvgIpc) is 2.43. The van der Waals surface area contributed by atoms with Crippen LogP contribution < -0.4 is 11.1 Å². The second-order valence-electron chi connectivity index (χ2n) is 4.75. The van der Waals surface area contributed by atoms with Crippen LogP contribution in [0.5, 0.6) is 0 Å². The minimum atomic E-state index is -0.512. The minimum absolute atomic E-state index is 0.150. The number of aryl methyl sites for hydroxylation is 1. The number of benzene rings is 2. The van der Waals surface area contributed by atoms with Crippen molar-refractivity contribution in [1.29, 1.82) is 0 Å². The summed E-state index contributed by atoms with van der Waals surface area (Å²) >= 11 is 0. The number of carbonyl (C=O) groups excluding carboxylic acids is 2. The third-order valence-corrected chi connectivity index (χ3v) is 3.06. The van der Waals surface area contributed by atoms with E-state index in [1.54, 1.807) is 37.3 Å². The Morgan fingerprint density at radius 1 is 1.14 bits per heavy atom. The van der Waals surface area contributed by atoms with Crippen LogP contribution in [0, 0.1) is 12.7 Å². The summed E-state index contributed by atoms with van der Waals surface area (Å²) in [7, 11) is 0. The molecule has 0 unspecified atom stereocenters. The molecule has 0 fully saturated rings. The van der Waals surface area contributed by atoms with Gasteiger partial charge in [0.15, 0.2) is 0 Å². The first-order valence-corrected chi connectivity index (χ1v) is 6.40. The number of carbonyl (C=O) groups is 2. The first kappa shape index (κ1) is 14.7. The van der Waals surface area contributed by atoms with E-state index < -0.39 is 5.91 Å². The van der Waals surface area contributed by atoms with Gasteiger partial charge in [0.1, 0.15) is 5.82 Å². The minimum Gasteiger partial charge on any atom is -0.366 e. The quantitative estimate of drug-likeness (QED) is 0.906. The van der Waals surface area contributed by atoms with E-state index >= 15 is 0 Å². The predicted molar refractivity (Wildman–Crippen MR) is 78.4 cm³/mol. The third kappa shape index (κ3) is 3.89. The van der Waals surface area contributed by atoms with Gasteiger partial charge in [-0.25, -0.2) is 4.39 Å². The Kier molecular flexibility index (Phi) is 4.33. The molecule has 0 aliphatic carbocycles. The Balaban J connectivity index is 2.06. The van der Waals surface area contributed by atoms with Gasteiger partial charge in [0.25, 0.3) is 0 Å². The van der Waals surface area contributed by atoms with Crippen LogP contribution in [-0.4, -0.2) is 11.8 Å². The van der Waals surface area contributed by atoms with Gasteiger partial charge < -0.3 is 11.1 Å². The topological polar surface area (TPSA) is 72.2 Å². The Bertz CT molecular complexity index is 681. The van der Waals surface area contributed by atoms with Crippen molar-refractivity contribution in [2.75, 3.05) is 5.32 Å². The van der Waals surface area contributed by atoms with Crippen molar-refractivity contribution < 1.29 is 14.0 Å². The van der Waals surface area contributed by atoms with Crippen LogP contribution in [0.4, 0.5) is 10.1 Å². The number of nitrogens with two attached hydrogens (primary N) is 1. The lowest BCUT2D eigenvalue weighted by molar-refractivity contribution is -0.115. The van der Waals surface area contributed by atoms with Crippen LogP contribution in [-0.2, 0) is 11.2 Å². The fourth-order valence-electron chi connectivity index (χ4n) is 1.94. The van der Waals surface area contributed by atoms with Gasteiger partial charge in [-0.15, -0.1) is 0 Å². The van der Waals surface area contributed by atoms with Crippen molar-refractivity contribution >= 4 is 17.5 Å². The van der Waals surface area contributed by atoms with E-state index in [4.69, 9.17) is 5.73 Å². The predicted octanol–water partition coefficient (Wildman–Crippen LogP) is 2.41. The van der Waals surface area contributed by atoms with Crippen LogP contribution in [0.1, 0.15) is 21.5 Å². The highest BCUT2D eigenvalue weighted by atomic mass is 19.1. The highest BCUT2D eigenvalue weighted by Gasteiger charge is 2.08. The lowest BCUT2D eigenvalue weighted by Gasteiger charge is -2.09. The molecule has 0 aromatic heterocycles. The number of amides is 2. The molecule has 21 heavy (non-hydrogen) atoms. The van der Waals surface area contributed by atoms with Crippen molar-refractivity contribution in [2.24, 2.45) is 5.73 Å². The van der Waals surface area contributed by atoms with E-state index in [1.165, 1.54) is 12.1 Å². The van der Waals surface area contributed by atoms with E-state index in [-0.39, 0.29) is 18.1 Å². The molecule has 2 amide bonds. The zero-order valence-corrected chi connectivity index (χ0v) is 11.5. The lowest BCUT2D eigenvalue weighted by Crippen LogP contribution is -2.16. The molecule has 2 rings (SSSR count). The molecule has 0 heterocycles. The molecule has 0 spiro atoms. The molecule has 0 saturated heterocycles. The summed E-state index contributed by atoms with van der Waals surface area (Å²) in [6.07, 6.45) is 0.150. The number of anilines is 1. The first-order valence-electron chi connectivity index (χ1n) is 6.40. The van der Waals surface area contributed by atoms with Crippen molar-refractivity contribution in [3.8, 4) is 0 Å². The van der Waals surface area contributed by atoms with Crippen molar-refractivity contribution in [3.63, 3.8) is 0 Å². The molecule has 0 saturated carbocycles. The highest BCUT2D eigenvalue weighted by Crippen LogP contribution is 2.17. The highest BCUT2D eigenvalue weighted by molar-refractivity contribution is 5.96. The summed E-state index contributed by atoms with van der Waals surface area (Å²) in [5.74, 6) is -1.06. The number of nitrogens with one attached hydrogen (secondary N) is 1. The number of hydrogen-bond acceptors (Lipinski definition) is 2. The zero-order chi connectivity index (χ0) is 15.4. The summed E-state index contributed by atoms with van der Waals surface area (Å²) in [6.45, 7) is 1.78. The second-order valence-corrected chi connectivity index (χ2v) is 4.75. The smallest absolute Gasteiger partial charge is 0.248 e. The van der Waals surface area contributed by atoms with Gasteiger partial charge in [-0.05, 0) is 48.4 Å². The van der Waals surface area contributed by atoms with Gasteiger partial charge in [0.05, 0.1) is 6.42 Å². The molecule has 2 aromatic carbocycles. The van der Waals surface area contributed by atoms with Gasteiger partial charge in [-0.3, -0.25) is 9.59 Å². The third-order valence-electron chi connectivity index (χ3n) is 3.06. The lowest BCUT2D eigenvalue weighted by atomic mass is 10.1. The summed E-state index contributed by atoms with van der Waals surface area (Å²) < 4.78 is 12.8.